The van der Waals surface area contributed by atoms with E-state index in [2.05, 4.69) is 15.5 Å². The first kappa shape index (κ1) is 23.0. The number of rotatable bonds is 5. The average molecular weight is 471 g/mol. The normalized spacial score (nSPS) is 19.4. The molecule has 1 aromatic heterocycles. The second kappa shape index (κ2) is 8.97. The number of morpholine rings is 1. The summed E-state index contributed by atoms with van der Waals surface area (Å²) in [6, 6.07) is 12.8. The minimum atomic E-state index is -3.66. The molecule has 33 heavy (non-hydrogen) atoms. The van der Waals surface area contributed by atoms with E-state index in [9.17, 15) is 18.3 Å². The van der Waals surface area contributed by atoms with Crippen molar-refractivity contribution >= 4 is 21.6 Å². The molecule has 1 amide bonds. The number of benzene rings is 2. The van der Waals surface area contributed by atoms with Crippen molar-refractivity contribution in [2.24, 2.45) is 0 Å². The van der Waals surface area contributed by atoms with E-state index in [1.807, 2.05) is 26.8 Å². The highest BCUT2D eigenvalue weighted by Crippen LogP contribution is 2.29. The largest absolute Gasteiger partial charge is 0.507 e. The highest BCUT2D eigenvalue weighted by Gasteiger charge is 2.32. The molecule has 0 radical (unpaired) electrons. The molecule has 1 fully saturated rings. The maximum atomic E-state index is 13.0. The van der Waals surface area contributed by atoms with Gasteiger partial charge in [0.05, 0.1) is 22.8 Å². The van der Waals surface area contributed by atoms with E-state index < -0.39 is 15.9 Å². The third-order valence-corrected chi connectivity index (χ3v) is 7.23. The molecule has 0 aliphatic carbocycles. The van der Waals surface area contributed by atoms with Gasteiger partial charge in [-0.2, -0.15) is 9.40 Å². The number of hydrogen-bond acceptors (Lipinski definition) is 6. The van der Waals surface area contributed by atoms with Crippen LogP contribution in [-0.2, 0) is 14.8 Å². The van der Waals surface area contributed by atoms with Crippen molar-refractivity contribution in [2.45, 2.75) is 37.9 Å². The van der Waals surface area contributed by atoms with Crippen molar-refractivity contribution in [3.8, 4) is 17.0 Å². The lowest BCUT2D eigenvalue weighted by atomic mass is 10.1. The van der Waals surface area contributed by atoms with Crippen molar-refractivity contribution in [3.05, 3.63) is 59.8 Å². The number of aryl methyl sites for hydroxylation is 1. The molecular formula is C23H26N4O5S. The van der Waals surface area contributed by atoms with E-state index in [1.54, 1.807) is 30.3 Å². The third-order valence-electron chi connectivity index (χ3n) is 5.39. The topological polar surface area (TPSA) is 125 Å². The quantitative estimate of drug-likeness (QED) is 0.526. The summed E-state index contributed by atoms with van der Waals surface area (Å²) in [6.07, 6.45) is -0.355. The number of aromatic nitrogens is 2. The lowest BCUT2D eigenvalue weighted by Gasteiger charge is -2.34. The van der Waals surface area contributed by atoms with Gasteiger partial charge < -0.3 is 15.2 Å². The zero-order chi connectivity index (χ0) is 23.8. The van der Waals surface area contributed by atoms with Crippen LogP contribution in [-0.4, -0.2) is 59.2 Å². The molecular weight excluding hydrogens is 444 g/mol. The Morgan fingerprint density at radius 1 is 1.12 bits per heavy atom. The number of phenols is 1. The Balaban J connectivity index is 1.46. The summed E-state index contributed by atoms with van der Waals surface area (Å²) >= 11 is 0. The fourth-order valence-electron chi connectivity index (χ4n) is 3.82. The van der Waals surface area contributed by atoms with Crippen LogP contribution in [0.2, 0.25) is 0 Å². The predicted molar refractivity (Wildman–Crippen MR) is 124 cm³/mol. The van der Waals surface area contributed by atoms with Crippen molar-refractivity contribution in [2.75, 3.05) is 18.4 Å². The number of amides is 1. The average Bonchev–Trinajstić information content (AvgIpc) is 3.23. The minimum absolute atomic E-state index is 0.0781. The van der Waals surface area contributed by atoms with Crippen LogP contribution in [0.15, 0.2) is 53.4 Å². The molecule has 9 nitrogen and oxygen atoms in total. The van der Waals surface area contributed by atoms with Crippen LogP contribution in [0, 0.1) is 6.92 Å². The summed E-state index contributed by atoms with van der Waals surface area (Å²) in [5.74, 6) is -0.360. The van der Waals surface area contributed by atoms with Crippen LogP contribution in [0.25, 0.3) is 11.3 Å². The maximum Gasteiger partial charge on any atom is 0.273 e. The van der Waals surface area contributed by atoms with E-state index in [4.69, 9.17) is 4.74 Å². The summed E-state index contributed by atoms with van der Waals surface area (Å²) in [6.45, 7) is 6.15. The molecule has 3 N–H and O–H groups in total. The van der Waals surface area contributed by atoms with Crippen molar-refractivity contribution in [1.29, 1.82) is 0 Å². The SMILES string of the molecule is Cc1ccc(-c2cc(C(=O)Nc3ccc(S(=O)(=O)N4C[C@@H](C)O[C@@H](C)C4)cc3)[nH]n2)c(O)c1. The highest BCUT2D eigenvalue weighted by atomic mass is 32.2. The van der Waals surface area contributed by atoms with Gasteiger partial charge in [0, 0.05) is 24.3 Å². The van der Waals surface area contributed by atoms with Crippen LogP contribution in [0.3, 0.4) is 0 Å². The number of aromatic hydroxyl groups is 1. The number of anilines is 1. The van der Waals surface area contributed by atoms with E-state index >= 15 is 0 Å². The lowest BCUT2D eigenvalue weighted by molar-refractivity contribution is -0.0440. The fourth-order valence-corrected chi connectivity index (χ4v) is 5.41. The number of nitrogens with one attached hydrogen (secondary N) is 2. The number of carbonyl (C=O) groups excluding carboxylic acids is 1. The Morgan fingerprint density at radius 3 is 2.42 bits per heavy atom. The second-order valence-corrected chi connectivity index (χ2v) is 10.2. The summed E-state index contributed by atoms with van der Waals surface area (Å²) in [5, 5.41) is 19.6. The van der Waals surface area contributed by atoms with Crippen LogP contribution in [0.1, 0.15) is 29.9 Å². The standard InChI is InChI=1S/C23H26N4O5S/c1-14-4-9-19(22(28)10-14)20-11-21(26-25-20)23(29)24-17-5-7-18(8-6-17)33(30,31)27-12-15(2)32-16(3)13-27/h4-11,15-16,28H,12-13H2,1-3H3,(H,24,29)(H,25,26)/t15-,16+. The molecule has 1 saturated heterocycles. The summed E-state index contributed by atoms with van der Waals surface area (Å²) in [7, 11) is -3.66. The molecule has 0 bridgehead atoms. The zero-order valence-electron chi connectivity index (χ0n) is 18.6. The number of hydrogen-bond donors (Lipinski definition) is 3. The Kier molecular flexibility index (Phi) is 6.24. The van der Waals surface area contributed by atoms with Crippen molar-refractivity contribution in [3.63, 3.8) is 0 Å². The van der Waals surface area contributed by atoms with Gasteiger partial charge in [0.15, 0.2) is 0 Å². The molecule has 2 atom stereocenters. The Hall–Kier alpha value is -3.21. The van der Waals surface area contributed by atoms with Gasteiger partial charge >= 0.3 is 0 Å². The highest BCUT2D eigenvalue weighted by molar-refractivity contribution is 7.89. The van der Waals surface area contributed by atoms with Crippen LogP contribution in [0.4, 0.5) is 5.69 Å². The van der Waals surface area contributed by atoms with Crippen molar-refractivity contribution in [1.82, 2.24) is 14.5 Å². The van der Waals surface area contributed by atoms with Crippen molar-refractivity contribution < 1.29 is 23.1 Å². The first-order valence-corrected chi connectivity index (χ1v) is 12.0. The molecule has 3 aromatic rings. The molecule has 1 aliphatic rings. The zero-order valence-corrected chi connectivity index (χ0v) is 19.4. The molecule has 0 saturated carbocycles. The van der Waals surface area contributed by atoms with Gasteiger partial charge in [-0.15, -0.1) is 0 Å². The lowest BCUT2D eigenvalue weighted by Crippen LogP contribution is -2.48. The van der Waals surface area contributed by atoms with E-state index in [1.165, 1.54) is 16.4 Å². The monoisotopic (exact) mass is 470 g/mol. The Morgan fingerprint density at radius 2 is 1.79 bits per heavy atom. The minimum Gasteiger partial charge on any atom is -0.507 e. The van der Waals surface area contributed by atoms with E-state index in [0.717, 1.165) is 5.56 Å². The molecule has 10 heteroatoms. The third kappa shape index (κ3) is 4.92. The van der Waals surface area contributed by atoms with Gasteiger partial charge in [0.25, 0.3) is 5.91 Å². The maximum absolute atomic E-state index is 13.0. The molecule has 0 spiro atoms. The van der Waals surface area contributed by atoms with Gasteiger partial charge in [-0.25, -0.2) is 8.42 Å². The van der Waals surface area contributed by atoms with E-state index in [-0.39, 0.29) is 28.5 Å². The Labute approximate surface area is 192 Å². The summed E-state index contributed by atoms with van der Waals surface area (Å²) in [5.41, 5.74) is 2.51. The van der Waals surface area contributed by atoms with Gasteiger partial charge in [-0.05, 0) is 68.8 Å². The van der Waals surface area contributed by atoms with Gasteiger partial charge in [0.1, 0.15) is 11.4 Å². The van der Waals surface area contributed by atoms with Crippen LogP contribution < -0.4 is 5.32 Å². The molecule has 4 rings (SSSR count). The molecule has 1 aliphatic heterocycles. The van der Waals surface area contributed by atoms with Crippen LogP contribution >= 0.6 is 0 Å². The van der Waals surface area contributed by atoms with Gasteiger partial charge in [-0.1, -0.05) is 6.07 Å². The van der Waals surface area contributed by atoms with E-state index in [0.29, 0.717) is 30.0 Å². The number of nitrogens with zero attached hydrogens (tertiary/aromatic N) is 2. The van der Waals surface area contributed by atoms with Gasteiger partial charge in [0.2, 0.25) is 10.0 Å². The molecule has 2 heterocycles. The summed E-state index contributed by atoms with van der Waals surface area (Å²) in [4.78, 5) is 12.8. The number of carbonyl (C=O) groups is 1. The first-order valence-electron chi connectivity index (χ1n) is 10.6. The second-order valence-electron chi connectivity index (χ2n) is 8.25. The molecule has 2 aromatic carbocycles. The van der Waals surface area contributed by atoms with Crippen LogP contribution in [0.5, 0.6) is 5.75 Å². The predicted octanol–water partition coefficient (Wildman–Crippen LogP) is 3.14. The number of aromatic amines is 1. The number of H-pyrrole nitrogens is 1. The molecule has 0 unspecified atom stereocenters. The number of ether oxygens (including phenoxy) is 1. The smallest absolute Gasteiger partial charge is 0.273 e. The Bertz CT molecular complexity index is 1260. The molecule has 174 valence electrons. The number of phenolic OH excluding ortho intramolecular Hbond substituents is 1. The summed E-state index contributed by atoms with van der Waals surface area (Å²) < 4.78 is 33.0. The number of sulfonamides is 1. The first-order chi connectivity index (χ1) is 15.6. The van der Waals surface area contributed by atoms with Gasteiger partial charge in [-0.3, -0.25) is 9.89 Å². The fraction of sp³-hybridized carbons (Fsp3) is 0.304.